The number of ether oxygens (including phenoxy) is 12. The summed E-state index contributed by atoms with van der Waals surface area (Å²) >= 11 is 0. The van der Waals surface area contributed by atoms with Gasteiger partial charge in [-0.05, 0) is 95.1 Å². The Bertz CT molecular complexity index is 2980. The van der Waals surface area contributed by atoms with Gasteiger partial charge < -0.3 is 87.2 Å². The zero-order chi connectivity index (χ0) is 54.3. The van der Waals surface area contributed by atoms with Crippen molar-refractivity contribution in [2.45, 2.75) is 24.4 Å². The maximum Gasteiger partial charge on any atom is 0.203 e. The van der Waals surface area contributed by atoms with Crippen LogP contribution in [0.25, 0.3) is 66.6 Å². The van der Waals surface area contributed by atoms with Crippen molar-refractivity contribution in [2.75, 3.05) is 85.3 Å². The van der Waals surface area contributed by atoms with E-state index in [1.807, 2.05) is 0 Å². The summed E-state index contributed by atoms with van der Waals surface area (Å²) in [6, 6.07) is 20.6. The minimum Gasteiger partial charge on any atom is -0.493 e. The third-order valence-corrected chi connectivity index (χ3v) is 13.5. The molecule has 0 radical (unpaired) electrons. The number of rotatable bonds is 16. The summed E-state index contributed by atoms with van der Waals surface area (Å²) in [5, 5.41) is 50.3. The predicted octanol–water partition coefficient (Wildman–Crippen LogP) is 8.62. The second kappa shape index (κ2) is 21.4. The minimum atomic E-state index is -1.66. The van der Waals surface area contributed by atoms with Gasteiger partial charge in [-0.1, -0.05) is 0 Å². The Morgan fingerprint density at radius 1 is 0.289 bits per heavy atom. The predicted molar refractivity (Wildman–Crippen MR) is 281 cm³/mol. The first-order chi connectivity index (χ1) is 36.8. The second-order valence-electron chi connectivity index (χ2n) is 17.3. The van der Waals surface area contributed by atoms with Crippen LogP contribution >= 0.6 is 0 Å². The molecule has 2 aliphatic heterocycles. The highest BCUT2D eigenvalue weighted by Gasteiger charge is 2.38. The fourth-order valence-corrected chi connectivity index (χ4v) is 9.98. The Kier molecular flexibility index (Phi) is 14.7. The van der Waals surface area contributed by atoms with Gasteiger partial charge in [0.1, 0.15) is 24.4 Å². The summed E-state index contributed by atoms with van der Waals surface area (Å²) in [6.45, 7) is 0. The molecular formula is C56H58N4O16. The summed E-state index contributed by atoms with van der Waals surface area (Å²) in [4.78, 5) is 17.4. The SMILES string of the molecule is COc1cc(-c2c3nc(c(-c4cc(OC)c(OC)c(OC)c4)c4ccc([nH]4)c(-c4cc(OC)c(OC)c(OC)c4)c4nc(c(-c5cc(OC)c(OC)c(OC)c5)c5ccc2[nH]5)[C@@H](O)[C@H]4O)[C@H](O)[C@@H]3O)cc(OC)c1OC. The van der Waals surface area contributed by atoms with E-state index in [-0.39, 0.29) is 68.8 Å². The Labute approximate surface area is 436 Å². The van der Waals surface area contributed by atoms with Gasteiger partial charge >= 0.3 is 0 Å². The van der Waals surface area contributed by atoms with Crippen molar-refractivity contribution >= 4 is 22.1 Å². The Hall–Kier alpha value is -8.56. The minimum absolute atomic E-state index is 0.0392. The highest BCUT2D eigenvalue weighted by molar-refractivity contribution is 5.94. The van der Waals surface area contributed by atoms with Crippen molar-refractivity contribution in [3.63, 3.8) is 0 Å². The van der Waals surface area contributed by atoms with Crippen molar-refractivity contribution in [1.29, 1.82) is 0 Å². The third-order valence-electron chi connectivity index (χ3n) is 13.5. The van der Waals surface area contributed by atoms with Crippen molar-refractivity contribution in [1.82, 2.24) is 19.9 Å². The summed E-state index contributed by atoms with van der Waals surface area (Å²) in [7, 11) is 17.8. The molecule has 0 amide bonds. The number of aromatic amines is 2. The molecule has 4 aromatic carbocycles. The van der Waals surface area contributed by atoms with Crippen molar-refractivity contribution < 1.29 is 77.3 Å². The molecule has 0 fully saturated rings. The number of hydrogen-bond acceptors (Lipinski definition) is 18. The maximum absolute atomic E-state index is 12.6. The molecule has 2 aliphatic rings. The fraction of sp³-hybridized carbons (Fsp3) is 0.286. The molecule has 4 atom stereocenters. The molecule has 0 saturated heterocycles. The molecule has 0 spiro atoms. The van der Waals surface area contributed by atoms with Gasteiger partial charge in [0.05, 0.1) is 108 Å². The Morgan fingerprint density at radius 3 is 0.605 bits per heavy atom. The van der Waals surface area contributed by atoms with Crippen LogP contribution < -0.4 is 56.8 Å². The third kappa shape index (κ3) is 8.63. The molecule has 9 rings (SSSR count). The van der Waals surface area contributed by atoms with Gasteiger partial charge in [-0.3, -0.25) is 9.97 Å². The van der Waals surface area contributed by atoms with Gasteiger partial charge in [0.25, 0.3) is 0 Å². The van der Waals surface area contributed by atoms with Crippen LogP contribution in [-0.2, 0) is 0 Å². The van der Waals surface area contributed by atoms with Crippen LogP contribution in [0.3, 0.4) is 0 Å². The van der Waals surface area contributed by atoms with E-state index in [1.165, 1.54) is 85.3 Å². The molecule has 0 aliphatic carbocycles. The topological polar surface area (TPSA) is 249 Å². The van der Waals surface area contributed by atoms with Crippen molar-refractivity contribution in [2.24, 2.45) is 0 Å². The van der Waals surface area contributed by atoms with Crippen molar-refractivity contribution in [3.05, 3.63) is 95.6 Å². The number of hydrogen-bond donors (Lipinski definition) is 6. The molecule has 76 heavy (non-hydrogen) atoms. The van der Waals surface area contributed by atoms with E-state index in [4.69, 9.17) is 66.8 Å². The standard InChI is InChI=1S/C56H58N4O16/c1-65-33-17-25(18-34(66-2)53(33)73-9)41-29-13-14-30(57-29)42(26-19-35(67-3)54(74-10)36(20-26)68-4)47-51(63)52(64)48(60-47)44(28-23-39(71-7)56(76-12)40(24-28)72-8)32-16-15-31(58-32)43(46-50(62)49(61)45(41)59-46)27-21-37(69-5)55(75-11)38(22-27)70-6/h13-24,49-52,57-58,61-64H,1-12H3/t49-,50+,51-,52+. The van der Waals surface area contributed by atoms with E-state index in [0.29, 0.717) is 89.6 Å². The highest BCUT2D eigenvalue weighted by Crippen LogP contribution is 2.52. The number of benzene rings is 4. The van der Waals surface area contributed by atoms with Crippen molar-refractivity contribution in [3.8, 4) is 114 Å². The zero-order valence-electron chi connectivity index (χ0n) is 43.8. The Balaban J connectivity index is 1.58. The van der Waals surface area contributed by atoms with E-state index >= 15 is 0 Å². The lowest BCUT2D eigenvalue weighted by atomic mass is 9.96. The van der Waals surface area contributed by atoms with E-state index in [9.17, 15) is 20.4 Å². The molecule has 5 heterocycles. The Morgan fingerprint density at radius 2 is 0.461 bits per heavy atom. The normalized spacial score (nSPS) is 15.9. The summed E-state index contributed by atoms with van der Waals surface area (Å²) < 4.78 is 69.5. The number of fused-ring (bicyclic) bond motifs is 8. The molecule has 20 nitrogen and oxygen atoms in total. The monoisotopic (exact) mass is 1040 g/mol. The quantitative estimate of drug-likeness (QED) is 0.0530. The van der Waals surface area contributed by atoms with Gasteiger partial charge in [0.15, 0.2) is 46.0 Å². The number of aliphatic hydroxyl groups excluding tert-OH is 4. The molecule has 7 aromatic rings. The van der Waals surface area contributed by atoms with Gasteiger partial charge in [0.2, 0.25) is 23.0 Å². The lowest BCUT2D eigenvalue weighted by Crippen LogP contribution is -2.06. The molecular weight excluding hydrogens is 985 g/mol. The van der Waals surface area contributed by atoms with E-state index in [1.54, 1.807) is 72.8 Å². The average Bonchev–Trinajstić information content (AvgIpc) is 4.26. The van der Waals surface area contributed by atoms with Crippen LogP contribution in [0.2, 0.25) is 0 Å². The molecule has 398 valence electrons. The molecule has 20 heteroatoms. The van der Waals surface area contributed by atoms with Gasteiger partial charge in [-0.25, -0.2) is 0 Å². The van der Waals surface area contributed by atoms with E-state index in [0.717, 1.165) is 0 Å². The van der Waals surface area contributed by atoms with Crippen LogP contribution in [0.15, 0.2) is 72.8 Å². The molecule has 0 unspecified atom stereocenters. The first kappa shape index (κ1) is 52.3. The number of methoxy groups -OCH3 is 12. The summed E-state index contributed by atoms with van der Waals surface area (Å²) in [5.41, 5.74) is 4.55. The second-order valence-corrected chi connectivity index (χ2v) is 17.3. The lowest BCUT2D eigenvalue weighted by Gasteiger charge is -2.17. The number of aliphatic hydroxyl groups is 4. The fourth-order valence-electron chi connectivity index (χ4n) is 9.98. The first-order valence-corrected chi connectivity index (χ1v) is 23.5. The molecule has 8 bridgehead atoms. The van der Waals surface area contributed by atoms with Crippen LogP contribution in [-0.4, -0.2) is 126 Å². The van der Waals surface area contributed by atoms with Gasteiger partial charge in [0, 0.05) is 44.3 Å². The van der Waals surface area contributed by atoms with Crippen LogP contribution in [0.1, 0.15) is 47.2 Å². The van der Waals surface area contributed by atoms with E-state index in [2.05, 4.69) is 9.97 Å². The molecule has 3 aromatic heterocycles. The smallest absolute Gasteiger partial charge is 0.203 e. The average molecular weight is 1040 g/mol. The molecule has 0 saturated carbocycles. The van der Waals surface area contributed by atoms with Crippen LogP contribution in [0.4, 0.5) is 0 Å². The van der Waals surface area contributed by atoms with Crippen LogP contribution in [0.5, 0.6) is 69.0 Å². The van der Waals surface area contributed by atoms with Gasteiger partial charge in [-0.15, -0.1) is 0 Å². The van der Waals surface area contributed by atoms with Crippen LogP contribution in [0, 0.1) is 0 Å². The number of H-pyrrole nitrogens is 2. The maximum atomic E-state index is 12.6. The molecule has 6 N–H and O–H groups in total. The summed E-state index contributed by atoms with van der Waals surface area (Å²) in [5.74, 6) is 3.50. The first-order valence-electron chi connectivity index (χ1n) is 23.5. The highest BCUT2D eigenvalue weighted by atomic mass is 16.6. The summed E-state index contributed by atoms with van der Waals surface area (Å²) in [6.07, 6.45) is -6.65. The largest absolute Gasteiger partial charge is 0.493 e. The number of nitrogens with one attached hydrogen (secondary N) is 2. The van der Waals surface area contributed by atoms with E-state index < -0.39 is 24.4 Å². The number of nitrogens with zero attached hydrogens (tertiary/aromatic N) is 2. The van der Waals surface area contributed by atoms with Gasteiger partial charge in [-0.2, -0.15) is 0 Å². The lowest BCUT2D eigenvalue weighted by molar-refractivity contribution is 0.0259. The number of aromatic nitrogens is 4. The zero-order valence-corrected chi connectivity index (χ0v) is 43.8.